The smallest absolute Gasteiger partial charge is 0.325 e. The molecule has 0 unspecified atom stereocenters. The average Bonchev–Trinajstić information content (AvgIpc) is 2.24. The normalized spacial score (nSPS) is 10.5. The minimum Gasteiger partial charge on any atom is -0.459 e. The maximum atomic E-state index is 11.5. The number of hydrogen-bond acceptors (Lipinski definition) is 4. The lowest BCUT2D eigenvalue weighted by Crippen LogP contribution is -2.28. The van der Waals surface area contributed by atoms with E-state index in [0.29, 0.717) is 11.3 Å². The largest absolute Gasteiger partial charge is 0.459 e. The number of rotatable bonds is 3. The lowest BCUT2D eigenvalue weighted by molar-refractivity contribution is -0.152. The molecule has 0 heterocycles. The van der Waals surface area contributed by atoms with Crippen molar-refractivity contribution in [1.29, 1.82) is 5.26 Å². The zero-order valence-corrected chi connectivity index (χ0v) is 10.3. The molecular formula is C13H16N2O2. The van der Waals surface area contributed by atoms with Crippen LogP contribution in [0.2, 0.25) is 0 Å². The zero-order chi connectivity index (χ0) is 12.9. The molecule has 90 valence electrons. The Balaban J connectivity index is 2.57. The first-order valence-corrected chi connectivity index (χ1v) is 5.37. The molecule has 0 aromatic heterocycles. The third-order valence-corrected chi connectivity index (χ3v) is 1.89. The second-order valence-electron chi connectivity index (χ2n) is 4.60. The Labute approximate surface area is 101 Å². The number of carbonyl (C=O) groups is 1. The second kappa shape index (κ2) is 5.35. The van der Waals surface area contributed by atoms with Crippen LogP contribution in [-0.2, 0) is 9.53 Å². The standard InChI is InChI=1S/C13H16N2O2/c1-13(2,3)17-12(16)9-15-11-7-5-4-6-10(11)8-14/h4-7,15H,9H2,1-3H3. The highest BCUT2D eigenvalue weighted by molar-refractivity contribution is 5.76. The van der Waals surface area contributed by atoms with Gasteiger partial charge in [-0.1, -0.05) is 12.1 Å². The summed E-state index contributed by atoms with van der Waals surface area (Å²) in [6.07, 6.45) is 0. The maximum absolute atomic E-state index is 11.5. The molecule has 1 rings (SSSR count). The van der Waals surface area contributed by atoms with Gasteiger partial charge in [-0.2, -0.15) is 5.26 Å². The molecule has 0 aliphatic heterocycles. The number of nitrogens with one attached hydrogen (secondary N) is 1. The first-order valence-electron chi connectivity index (χ1n) is 5.37. The van der Waals surface area contributed by atoms with E-state index in [-0.39, 0.29) is 12.5 Å². The number of benzene rings is 1. The van der Waals surface area contributed by atoms with Crippen molar-refractivity contribution in [2.24, 2.45) is 0 Å². The molecule has 0 bridgehead atoms. The van der Waals surface area contributed by atoms with E-state index in [1.54, 1.807) is 24.3 Å². The van der Waals surface area contributed by atoms with Gasteiger partial charge in [0.2, 0.25) is 0 Å². The number of nitriles is 1. The van der Waals surface area contributed by atoms with Crippen LogP contribution < -0.4 is 5.32 Å². The Morgan fingerprint density at radius 1 is 1.41 bits per heavy atom. The van der Waals surface area contributed by atoms with Gasteiger partial charge >= 0.3 is 5.97 Å². The van der Waals surface area contributed by atoms with Crippen molar-refractivity contribution in [3.05, 3.63) is 29.8 Å². The molecule has 1 aromatic carbocycles. The summed E-state index contributed by atoms with van der Waals surface area (Å²) in [6, 6.07) is 9.08. The molecule has 0 atom stereocenters. The summed E-state index contributed by atoms with van der Waals surface area (Å²) in [7, 11) is 0. The van der Waals surface area contributed by atoms with E-state index in [9.17, 15) is 4.79 Å². The third-order valence-electron chi connectivity index (χ3n) is 1.89. The summed E-state index contributed by atoms with van der Waals surface area (Å²) in [6.45, 7) is 5.49. The third kappa shape index (κ3) is 4.56. The topological polar surface area (TPSA) is 62.1 Å². The quantitative estimate of drug-likeness (QED) is 0.812. The van der Waals surface area contributed by atoms with Gasteiger partial charge in [-0.25, -0.2) is 0 Å². The fourth-order valence-corrected chi connectivity index (χ4v) is 1.28. The summed E-state index contributed by atoms with van der Waals surface area (Å²) in [5.74, 6) is -0.342. The first kappa shape index (κ1) is 13.0. The highest BCUT2D eigenvalue weighted by Gasteiger charge is 2.16. The van der Waals surface area contributed by atoms with Crippen LogP contribution in [0.4, 0.5) is 5.69 Å². The van der Waals surface area contributed by atoms with Crippen LogP contribution in [0, 0.1) is 11.3 Å². The van der Waals surface area contributed by atoms with Gasteiger partial charge in [0.05, 0.1) is 11.3 Å². The van der Waals surface area contributed by atoms with Gasteiger partial charge in [-0.15, -0.1) is 0 Å². The molecule has 1 aromatic rings. The minimum atomic E-state index is -0.493. The SMILES string of the molecule is CC(C)(C)OC(=O)CNc1ccccc1C#N. The highest BCUT2D eigenvalue weighted by Crippen LogP contribution is 2.13. The molecule has 0 spiro atoms. The number of nitrogens with zero attached hydrogens (tertiary/aromatic N) is 1. The van der Waals surface area contributed by atoms with Crippen molar-refractivity contribution in [3.63, 3.8) is 0 Å². The molecule has 0 aliphatic rings. The molecule has 0 saturated carbocycles. The van der Waals surface area contributed by atoms with Gasteiger partial charge in [0.1, 0.15) is 18.2 Å². The van der Waals surface area contributed by atoms with Gasteiger partial charge < -0.3 is 10.1 Å². The monoisotopic (exact) mass is 232 g/mol. The number of ether oxygens (including phenoxy) is 1. The van der Waals surface area contributed by atoms with Crippen LogP contribution >= 0.6 is 0 Å². The first-order chi connectivity index (χ1) is 7.92. The van der Waals surface area contributed by atoms with Crippen molar-refractivity contribution in [3.8, 4) is 6.07 Å². The van der Waals surface area contributed by atoms with Crippen molar-refractivity contribution in [2.75, 3.05) is 11.9 Å². The maximum Gasteiger partial charge on any atom is 0.325 e. The van der Waals surface area contributed by atoms with Gasteiger partial charge in [-0.05, 0) is 32.9 Å². The Hall–Kier alpha value is -2.02. The van der Waals surface area contributed by atoms with Crippen molar-refractivity contribution in [1.82, 2.24) is 0 Å². The van der Waals surface area contributed by atoms with Crippen LogP contribution in [0.3, 0.4) is 0 Å². The summed E-state index contributed by atoms with van der Waals surface area (Å²) in [5, 5.41) is 11.8. The predicted molar refractivity (Wildman–Crippen MR) is 65.5 cm³/mol. The molecule has 0 fully saturated rings. The van der Waals surface area contributed by atoms with Crippen molar-refractivity contribution < 1.29 is 9.53 Å². The molecule has 4 nitrogen and oxygen atoms in total. The lowest BCUT2D eigenvalue weighted by Gasteiger charge is -2.19. The van der Waals surface area contributed by atoms with Crippen LogP contribution in [-0.4, -0.2) is 18.1 Å². The Morgan fingerprint density at radius 2 is 2.06 bits per heavy atom. The zero-order valence-electron chi connectivity index (χ0n) is 10.3. The van der Waals surface area contributed by atoms with E-state index < -0.39 is 5.60 Å². The minimum absolute atomic E-state index is 0.0516. The Morgan fingerprint density at radius 3 is 2.65 bits per heavy atom. The summed E-state index contributed by atoms with van der Waals surface area (Å²) >= 11 is 0. The number of carbonyl (C=O) groups excluding carboxylic acids is 1. The van der Waals surface area contributed by atoms with Gasteiger partial charge in [-0.3, -0.25) is 4.79 Å². The predicted octanol–water partition coefficient (Wildman–Crippen LogP) is 2.31. The number of anilines is 1. The highest BCUT2D eigenvalue weighted by atomic mass is 16.6. The van der Waals surface area contributed by atoms with Gasteiger partial charge in [0.25, 0.3) is 0 Å². The van der Waals surface area contributed by atoms with E-state index in [1.165, 1.54) is 0 Å². The molecule has 0 amide bonds. The van der Waals surface area contributed by atoms with E-state index in [0.717, 1.165) is 0 Å². The van der Waals surface area contributed by atoms with Crippen molar-refractivity contribution in [2.45, 2.75) is 26.4 Å². The molecular weight excluding hydrogens is 216 g/mol. The fourth-order valence-electron chi connectivity index (χ4n) is 1.28. The molecule has 0 saturated heterocycles. The molecule has 0 radical (unpaired) electrons. The van der Waals surface area contributed by atoms with Crippen LogP contribution in [0.1, 0.15) is 26.3 Å². The molecule has 17 heavy (non-hydrogen) atoms. The van der Waals surface area contributed by atoms with Crippen LogP contribution in [0.5, 0.6) is 0 Å². The molecule has 1 N–H and O–H groups in total. The lowest BCUT2D eigenvalue weighted by atomic mass is 10.2. The summed E-state index contributed by atoms with van der Waals surface area (Å²) in [5.41, 5.74) is 0.657. The second-order valence-corrected chi connectivity index (χ2v) is 4.60. The van der Waals surface area contributed by atoms with Crippen LogP contribution in [0.25, 0.3) is 0 Å². The Kier molecular flexibility index (Phi) is 4.11. The summed E-state index contributed by atoms with van der Waals surface area (Å²) in [4.78, 5) is 11.5. The van der Waals surface area contributed by atoms with E-state index in [2.05, 4.69) is 11.4 Å². The fraction of sp³-hybridized carbons (Fsp3) is 0.385. The van der Waals surface area contributed by atoms with Crippen LogP contribution in [0.15, 0.2) is 24.3 Å². The van der Waals surface area contributed by atoms with Gasteiger partial charge in [0, 0.05) is 0 Å². The number of esters is 1. The molecule has 4 heteroatoms. The number of para-hydroxylation sites is 1. The van der Waals surface area contributed by atoms with Gasteiger partial charge in [0.15, 0.2) is 0 Å². The van der Waals surface area contributed by atoms with E-state index in [4.69, 9.17) is 10.00 Å². The summed E-state index contributed by atoms with van der Waals surface area (Å²) < 4.78 is 5.15. The Bertz CT molecular complexity index is 441. The van der Waals surface area contributed by atoms with E-state index >= 15 is 0 Å². The van der Waals surface area contributed by atoms with Crippen molar-refractivity contribution >= 4 is 11.7 Å². The molecule has 0 aliphatic carbocycles. The number of hydrogen-bond donors (Lipinski definition) is 1. The van der Waals surface area contributed by atoms with E-state index in [1.807, 2.05) is 20.8 Å². The average molecular weight is 232 g/mol.